The minimum absolute atomic E-state index is 0.207. The summed E-state index contributed by atoms with van der Waals surface area (Å²) in [6, 6.07) is 6.42. The third-order valence-corrected chi connectivity index (χ3v) is 4.91. The van der Waals surface area contributed by atoms with Gasteiger partial charge in [0.25, 0.3) is 0 Å². The van der Waals surface area contributed by atoms with Crippen LogP contribution in [0.15, 0.2) is 22.7 Å². The van der Waals surface area contributed by atoms with E-state index in [1.165, 1.54) is 12.0 Å². The van der Waals surface area contributed by atoms with E-state index in [4.69, 9.17) is 9.47 Å². The summed E-state index contributed by atoms with van der Waals surface area (Å²) in [5.74, 6) is 1.57. The molecule has 18 heavy (non-hydrogen) atoms. The van der Waals surface area contributed by atoms with Crippen molar-refractivity contribution in [1.82, 2.24) is 5.32 Å². The van der Waals surface area contributed by atoms with Crippen molar-refractivity contribution in [3.05, 3.63) is 28.2 Å². The quantitative estimate of drug-likeness (QED) is 0.929. The summed E-state index contributed by atoms with van der Waals surface area (Å²) in [6.07, 6.45) is 1.24. The van der Waals surface area contributed by atoms with Gasteiger partial charge in [0, 0.05) is 5.41 Å². The number of benzene rings is 1. The van der Waals surface area contributed by atoms with Crippen LogP contribution in [0.25, 0.3) is 0 Å². The van der Waals surface area contributed by atoms with Gasteiger partial charge in [0.05, 0.1) is 24.8 Å². The monoisotopic (exact) mass is 311 g/mol. The van der Waals surface area contributed by atoms with E-state index in [1.54, 1.807) is 7.11 Å². The molecule has 4 heteroatoms. The standard InChI is InChI=1S/C14H18BrNO2/c1-17-13-3-2-10(6-12(13)15)14(8-18-9-14)11-4-5-16-7-11/h2-3,6,11,16H,4-5,7-9H2,1H3. The molecule has 1 aromatic rings. The summed E-state index contributed by atoms with van der Waals surface area (Å²) in [5.41, 5.74) is 1.58. The molecule has 1 aromatic carbocycles. The Morgan fingerprint density at radius 3 is 2.78 bits per heavy atom. The lowest BCUT2D eigenvalue weighted by Crippen LogP contribution is -2.53. The van der Waals surface area contributed by atoms with E-state index in [1.807, 2.05) is 6.07 Å². The van der Waals surface area contributed by atoms with Gasteiger partial charge in [-0.25, -0.2) is 0 Å². The minimum Gasteiger partial charge on any atom is -0.496 e. The van der Waals surface area contributed by atoms with Gasteiger partial charge in [0.2, 0.25) is 0 Å². The van der Waals surface area contributed by atoms with Crippen LogP contribution in [0.5, 0.6) is 5.75 Å². The Balaban J connectivity index is 1.93. The van der Waals surface area contributed by atoms with Gasteiger partial charge in [-0.2, -0.15) is 0 Å². The number of nitrogens with one attached hydrogen (secondary N) is 1. The molecular weight excluding hydrogens is 294 g/mol. The topological polar surface area (TPSA) is 30.5 Å². The van der Waals surface area contributed by atoms with Crippen LogP contribution < -0.4 is 10.1 Å². The fraction of sp³-hybridized carbons (Fsp3) is 0.571. The summed E-state index contributed by atoms with van der Waals surface area (Å²) >= 11 is 3.58. The molecule has 1 unspecified atom stereocenters. The molecular formula is C14H18BrNO2. The van der Waals surface area contributed by atoms with Crippen LogP contribution in [0.1, 0.15) is 12.0 Å². The van der Waals surface area contributed by atoms with Gasteiger partial charge in [-0.1, -0.05) is 6.07 Å². The van der Waals surface area contributed by atoms with Crippen molar-refractivity contribution in [3.63, 3.8) is 0 Å². The van der Waals surface area contributed by atoms with Gasteiger partial charge in [-0.05, 0) is 59.1 Å². The van der Waals surface area contributed by atoms with Crippen LogP contribution in [0.4, 0.5) is 0 Å². The van der Waals surface area contributed by atoms with Gasteiger partial charge in [0.1, 0.15) is 5.75 Å². The van der Waals surface area contributed by atoms with Crippen molar-refractivity contribution in [2.75, 3.05) is 33.4 Å². The van der Waals surface area contributed by atoms with Crippen molar-refractivity contribution < 1.29 is 9.47 Å². The largest absolute Gasteiger partial charge is 0.496 e. The second-order valence-corrected chi connectivity index (χ2v) is 6.04. The van der Waals surface area contributed by atoms with Crippen LogP contribution in [-0.2, 0) is 10.2 Å². The normalized spacial score (nSPS) is 25.8. The van der Waals surface area contributed by atoms with Gasteiger partial charge in [0.15, 0.2) is 0 Å². The first kappa shape index (κ1) is 12.5. The summed E-state index contributed by atoms with van der Waals surface area (Å²) in [7, 11) is 1.70. The molecule has 2 fully saturated rings. The molecule has 0 spiro atoms. The van der Waals surface area contributed by atoms with Crippen molar-refractivity contribution >= 4 is 15.9 Å². The second-order valence-electron chi connectivity index (χ2n) is 5.19. The zero-order valence-electron chi connectivity index (χ0n) is 10.5. The van der Waals surface area contributed by atoms with Crippen molar-refractivity contribution in [3.8, 4) is 5.75 Å². The molecule has 0 aliphatic carbocycles. The molecule has 0 bridgehead atoms. The first-order valence-corrected chi connectivity index (χ1v) is 7.18. The maximum Gasteiger partial charge on any atom is 0.133 e. The van der Waals surface area contributed by atoms with Crippen LogP contribution in [-0.4, -0.2) is 33.4 Å². The lowest BCUT2D eigenvalue weighted by molar-refractivity contribution is -0.0869. The Bertz CT molecular complexity index is 439. The molecule has 0 aromatic heterocycles. The van der Waals surface area contributed by atoms with Crippen LogP contribution >= 0.6 is 15.9 Å². The number of halogens is 1. The van der Waals surface area contributed by atoms with Gasteiger partial charge in [-0.15, -0.1) is 0 Å². The number of methoxy groups -OCH3 is 1. The molecule has 0 amide bonds. The maximum absolute atomic E-state index is 5.53. The fourth-order valence-electron chi connectivity index (χ4n) is 3.06. The summed E-state index contributed by atoms with van der Waals surface area (Å²) < 4.78 is 11.9. The van der Waals surface area contributed by atoms with E-state index in [0.29, 0.717) is 5.92 Å². The fourth-order valence-corrected chi connectivity index (χ4v) is 3.60. The zero-order valence-corrected chi connectivity index (χ0v) is 12.1. The maximum atomic E-state index is 5.53. The predicted octanol–water partition coefficient (Wildman–Crippen LogP) is 2.34. The average Bonchev–Trinajstić information content (AvgIpc) is 2.82. The second kappa shape index (κ2) is 4.83. The van der Waals surface area contributed by atoms with E-state index in [-0.39, 0.29) is 5.41 Å². The Kier molecular flexibility index (Phi) is 3.34. The highest BCUT2D eigenvalue weighted by Crippen LogP contribution is 2.43. The van der Waals surface area contributed by atoms with E-state index >= 15 is 0 Å². The molecule has 2 aliphatic heterocycles. The van der Waals surface area contributed by atoms with E-state index < -0.39 is 0 Å². The van der Waals surface area contributed by atoms with Gasteiger partial charge < -0.3 is 14.8 Å². The molecule has 2 aliphatic rings. The highest BCUT2D eigenvalue weighted by molar-refractivity contribution is 9.10. The molecule has 3 rings (SSSR count). The first-order chi connectivity index (χ1) is 8.76. The lowest BCUT2D eigenvalue weighted by Gasteiger charge is -2.46. The lowest BCUT2D eigenvalue weighted by atomic mass is 9.68. The van der Waals surface area contributed by atoms with E-state index in [2.05, 4.69) is 33.4 Å². The summed E-state index contributed by atoms with van der Waals surface area (Å²) in [5, 5.41) is 3.46. The van der Waals surface area contributed by atoms with Crippen LogP contribution in [0.3, 0.4) is 0 Å². The Hall–Kier alpha value is -0.580. The molecule has 1 N–H and O–H groups in total. The number of rotatable bonds is 3. The van der Waals surface area contributed by atoms with Crippen molar-refractivity contribution in [2.24, 2.45) is 5.92 Å². The van der Waals surface area contributed by atoms with Crippen molar-refractivity contribution in [1.29, 1.82) is 0 Å². The highest BCUT2D eigenvalue weighted by Gasteiger charge is 2.47. The molecule has 1 atom stereocenters. The molecule has 2 heterocycles. The van der Waals surface area contributed by atoms with Gasteiger partial charge >= 0.3 is 0 Å². The molecule has 98 valence electrons. The van der Waals surface area contributed by atoms with Crippen LogP contribution in [0.2, 0.25) is 0 Å². The number of ether oxygens (including phenoxy) is 2. The first-order valence-electron chi connectivity index (χ1n) is 6.39. The number of hydrogen-bond acceptors (Lipinski definition) is 3. The Labute approximate surface area is 116 Å². The predicted molar refractivity (Wildman–Crippen MR) is 74.2 cm³/mol. The molecule has 0 saturated carbocycles. The Morgan fingerprint density at radius 2 is 2.28 bits per heavy atom. The third kappa shape index (κ3) is 1.87. The number of hydrogen-bond donors (Lipinski definition) is 1. The minimum atomic E-state index is 0.207. The summed E-state index contributed by atoms with van der Waals surface area (Å²) in [6.45, 7) is 3.92. The third-order valence-electron chi connectivity index (χ3n) is 4.29. The average molecular weight is 312 g/mol. The van der Waals surface area contributed by atoms with Crippen molar-refractivity contribution in [2.45, 2.75) is 11.8 Å². The van der Waals surface area contributed by atoms with Crippen LogP contribution in [0, 0.1) is 5.92 Å². The molecule has 0 radical (unpaired) electrons. The van der Waals surface area contributed by atoms with Gasteiger partial charge in [-0.3, -0.25) is 0 Å². The highest BCUT2D eigenvalue weighted by atomic mass is 79.9. The molecule has 3 nitrogen and oxygen atoms in total. The smallest absolute Gasteiger partial charge is 0.133 e. The SMILES string of the molecule is COc1ccc(C2(C3CCNC3)COC2)cc1Br. The zero-order chi connectivity index (χ0) is 12.6. The van der Waals surface area contributed by atoms with E-state index in [9.17, 15) is 0 Å². The van der Waals surface area contributed by atoms with E-state index in [0.717, 1.165) is 36.5 Å². The molecule has 2 saturated heterocycles. The Morgan fingerprint density at radius 1 is 1.44 bits per heavy atom. The summed E-state index contributed by atoms with van der Waals surface area (Å²) in [4.78, 5) is 0.